The van der Waals surface area contributed by atoms with Crippen molar-refractivity contribution in [2.45, 2.75) is 32.8 Å². The Morgan fingerprint density at radius 2 is 2.47 bits per heavy atom. The molecule has 0 fully saturated rings. The van der Waals surface area contributed by atoms with Gasteiger partial charge >= 0.3 is 5.97 Å². The maximum atomic E-state index is 11.3. The molecule has 1 aromatic heterocycles. The van der Waals surface area contributed by atoms with E-state index in [4.69, 9.17) is 14.3 Å². The van der Waals surface area contributed by atoms with E-state index in [9.17, 15) is 4.79 Å². The molecule has 0 saturated heterocycles. The number of ether oxygens (including phenoxy) is 1. The lowest BCUT2D eigenvalue weighted by molar-refractivity contribution is 0.0519. The van der Waals surface area contributed by atoms with Crippen LogP contribution in [0.4, 0.5) is 6.01 Å². The fraction of sp³-hybridized carbons (Fsp3) is 0.636. The number of nitrogens with one attached hydrogen (secondary N) is 1. The summed E-state index contributed by atoms with van der Waals surface area (Å²) in [5, 5.41) is 12.0. The number of rotatable bonds is 7. The van der Waals surface area contributed by atoms with Crippen molar-refractivity contribution in [3.8, 4) is 0 Å². The van der Waals surface area contributed by atoms with E-state index in [1.165, 1.54) is 6.26 Å². The summed E-state index contributed by atoms with van der Waals surface area (Å²) in [5.41, 5.74) is 0.157. The number of anilines is 1. The highest BCUT2D eigenvalue weighted by molar-refractivity contribution is 5.87. The summed E-state index contributed by atoms with van der Waals surface area (Å²) < 4.78 is 9.83. The van der Waals surface area contributed by atoms with E-state index in [1.807, 2.05) is 0 Å². The zero-order chi connectivity index (χ0) is 12.7. The van der Waals surface area contributed by atoms with Crippen molar-refractivity contribution in [3.63, 3.8) is 0 Å². The van der Waals surface area contributed by atoms with Crippen LogP contribution in [0.3, 0.4) is 0 Å². The third-order valence-corrected chi connectivity index (χ3v) is 2.06. The first-order chi connectivity index (χ1) is 8.13. The Hall–Kier alpha value is -1.56. The second kappa shape index (κ2) is 6.90. The largest absolute Gasteiger partial charge is 0.461 e. The van der Waals surface area contributed by atoms with Gasteiger partial charge in [0, 0.05) is 6.54 Å². The first-order valence-corrected chi connectivity index (χ1v) is 5.68. The van der Waals surface area contributed by atoms with Crippen LogP contribution in [0.2, 0.25) is 0 Å². The molecule has 0 radical (unpaired) electrons. The zero-order valence-electron chi connectivity index (χ0n) is 10.1. The fourth-order valence-corrected chi connectivity index (χ4v) is 1.25. The van der Waals surface area contributed by atoms with Crippen LogP contribution in [0.15, 0.2) is 10.7 Å². The van der Waals surface area contributed by atoms with Crippen molar-refractivity contribution in [2.75, 3.05) is 18.5 Å². The van der Waals surface area contributed by atoms with E-state index in [1.54, 1.807) is 13.8 Å². The second-order valence-electron chi connectivity index (χ2n) is 3.68. The third kappa shape index (κ3) is 4.86. The second-order valence-corrected chi connectivity index (χ2v) is 3.68. The molecule has 0 spiro atoms. The molecule has 0 saturated carbocycles. The van der Waals surface area contributed by atoms with Crippen molar-refractivity contribution >= 4 is 12.0 Å². The van der Waals surface area contributed by atoms with Crippen LogP contribution < -0.4 is 5.32 Å². The molecule has 1 atom stereocenters. The Bertz CT molecular complexity index is 349. The van der Waals surface area contributed by atoms with Crippen LogP contribution in [-0.4, -0.2) is 35.3 Å². The van der Waals surface area contributed by atoms with Gasteiger partial charge in [0.1, 0.15) is 6.26 Å². The van der Waals surface area contributed by atoms with Crippen LogP contribution in [0.5, 0.6) is 0 Å². The van der Waals surface area contributed by atoms with E-state index < -0.39 is 5.97 Å². The number of nitrogens with zero attached hydrogens (tertiary/aromatic N) is 1. The molecule has 0 bridgehead atoms. The number of carbonyl (C=O) groups is 1. The highest BCUT2D eigenvalue weighted by Crippen LogP contribution is 2.09. The number of carbonyl (C=O) groups excluding carboxylic acids is 1. The summed E-state index contributed by atoms with van der Waals surface area (Å²) in [5.74, 6) is -0.492. The van der Waals surface area contributed by atoms with E-state index >= 15 is 0 Å². The minimum atomic E-state index is -0.492. The molecular weight excluding hydrogens is 224 g/mol. The third-order valence-electron chi connectivity index (χ3n) is 2.06. The molecule has 1 rings (SSSR count). The summed E-state index contributed by atoms with van der Waals surface area (Å²) in [7, 11) is 0. The minimum absolute atomic E-state index is 0.157. The van der Waals surface area contributed by atoms with Gasteiger partial charge in [-0.1, -0.05) is 0 Å². The Balaban J connectivity index is 2.33. The van der Waals surface area contributed by atoms with E-state index in [0.29, 0.717) is 25.6 Å². The molecule has 6 nitrogen and oxygen atoms in total. The number of hydrogen-bond acceptors (Lipinski definition) is 6. The van der Waals surface area contributed by atoms with Gasteiger partial charge < -0.3 is 19.6 Å². The van der Waals surface area contributed by atoms with Crippen molar-refractivity contribution in [1.82, 2.24) is 4.98 Å². The molecule has 0 amide bonds. The summed E-state index contributed by atoms with van der Waals surface area (Å²) in [6, 6.07) is 0.290. The number of aromatic nitrogens is 1. The molecule has 0 aliphatic rings. The van der Waals surface area contributed by atoms with E-state index in [2.05, 4.69) is 10.3 Å². The highest BCUT2D eigenvalue weighted by atomic mass is 16.5. The zero-order valence-corrected chi connectivity index (χ0v) is 10.1. The molecule has 96 valence electrons. The van der Waals surface area contributed by atoms with Crippen LogP contribution >= 0.6 is 0 Å². The van der Waals surface area contributed by atoms with E-state index in [0.717, 1.165) is 6.42 Å². The van der Waals surface area contributed by atoms with Gasteiger partial charge in [0.2, 0.25) is 0 Å². The molecular formula is C11H18N2O4. The first-order valence-electron chi connectivity index (χ1n) is 5.68. The summed E-state index contributed by atoms with van der Waals surface area (Å²) in [4.78, 5) is 15.2. The lowest BCUT2D eigenvalue weighted by Gasteiger charge is -2.03. The van der Waals surface area contributed by atoms with Crippen molar-refractivity contribution in [3.05, 3.63) is 12.0 Å². The predicted molar refractivity (Wildman–Crippen MR) is 61.9 cm³/mol. The molecule has 17 heavy (non-hydrogen) atoms. The number of esters is 1. The number of aliphatic hydroxyl groups excluding tert-OH is 1. The Labute approximate surface area is 100.0 Å². The minimum Gasteiger partial charge on any atom is -0.461 e. The SMILES string of the molecule is CCOC(=O)c1coc(NCCCC(C)O)n1. The molecule has 1 aromatic rings. The van der Waals surface area contributed by atoms with Gasteiger partial charge in [-0.15, -0.1) is 0 Å². The first kappa shape index (κ1) is 13.5. The fourth-order valence-electron chi connectivity index (χ4n) is 1.25. The Morgan fingerprint density at radius 1 is 1.71 bits per heavy atom. The molecule has 1 heterocycles. The number of hydrogen-bond donors (Lipinski definition) is 2. The van der Waals surface area contributed by atoms with Gasteiger partial charge in [0.05, 0.1) is 12.7 Å². The van der Waals surface area contributed by atoms with Crippen LogP contribution in [0.1, 0.15) is 37.2 Å². The Morgan fingerprint density at radius 3 is 3.12 bits per heavy atom. The number of aliphatic hydroxyl groups is 1. The molecule has 0 aliphatic carbocycles. The molecule has 0 aromatic carbocycles. The van der Waals surface area contributed by atoms with Gasteiger partial charge in [-0.2, -0.15) is 4.98 Å². The van der Waals surface area contributed by atoms with Crippen LogP contribution in [-0.2, 0) is 4.74 Å². The van der Waals surface area contributed by atoms with Crippen molar-refractivity contribution < 1.29 is 19.1 Å². The van der Waals surface area contributed by atoms with Gasteiger partial charge in [0.15, 0.2) is 5.69 Å². The lowest BCUT2D eigenvalue weighted by Crippen LogP contribution is -2.08. The maximum Gasteiger partial charge on any atom is 0.360 e. The van der Waals surface area contributed by atoms with Crippen molar-refractivity contribution in [2.24, 2.45) is 0 Å². The Kier molecular flexibility index (Phi) is 5.48. The van der Waals surface area contributed by atoms with Gasteiger partial charge in [-0.25, -0.2) is 4.79 Å². The standard InChI is InChI=1S/C11H18N2O4/c1-3-16-10(15)9-7-17-11(13-9)12-6-4-5-8(2)14/h7-8,14H,3-6H2,1-2H3,(H,12,13). The summed E-state index contributed by atoms with van der Waals surface area (Å²) in [6.07, 6.45) is 2.46. The van der Waals surface area contributed by atoms with Crippen LogP contribution in [0, 0.1) is 0 Å². The molecule has 1 unspecified atom stereocenters. The summed E-state index contributed by atoms with van der Waals surface area (Å²) in [6.45, 7) is 4.41. The number of oxazole rings is 1. The van der Waals surface area contributed by atoms with Gasteiger partial charge in [0.25, 0.3) is 6.01 Å². The monoisotopic (exact) mass is 242 g/mol. The average Bonchev–Trinajstić information content (AvgIpc) is 2.73. The molecule has 6 heteroatoms. The molecule has 2 N–H and O–H groups in total. The normalized spacial score (nSPS) is 12.2. The smallest absolute Gasteiger partial charge is 0.360 e. The topological polar surface area (TPSA) is 84.6 Å². The lowest BCUT2D eigenvalue weighted by atomic mass is 10.2. The van der Waals surface area contributed by atoms with Gasteiger partial charge in [-0.3, -0.25) is 0 Å². The highest BCUT2D eigenvalue weighted by Gasteiger charge is 2.12. The quantitative estimate of drug-likeness (QED) is 0.555. The molecule has 0 aliphatic heterocycles. The average molecular weight is 242 g/mol. The van der Waals surface area contributed by atoms with E-state index in [-0.39, 0.29) is 11.8 Å². The van der Waals surface area contributed by atoms with Crippen LogP contribution in [0.25, 0.3) is 0 Å². The summed E-state index contributed by atoms with van der Waals surface area (Å²) >= 11 is 0. The van der Waals surface area contributed by atoms with Gasteiger partial charge in [-0.05, 0) is 26.7 Å². The maximum absolute atomic E-state index is 11.3. The predicted octanol–water partition coefficient (Wildman–Crippen LogP) is 1.42. The van der Waals surface area contributed by atoms with Crippen molar-refractivity contribution in [1.29, 1.82) is 0 Å².